The molecule has 5 nitrogen and oxygen atoms in total. The summed E-state index contributed by atoms with van der Waals surface area (Å²) in [7, 11) is 0. The van der Waals surface area contributed by atoms with E-state index >= 15 is 0 Å². The zero-order chi connectivity index (χ0) is 18.5. The fourth-order valence-corrected chi connectivity index (χ4v) is 3.52. The number of rotatable bonds is 3. The van der Waals surface area contributed by atoms with E-state index in [1.54, 1.807) is 6.07 Å². The Hall–Kier alpha value is -2.34. The van der Waals surface area contributed by atoms with E-state index in [4.69, 9.17) is 0 Å². The van der Waals surface area contributed by atoms with Gasteiger partial charge in [0, 0.05) is 34.6 Å². The third kappa shape index (κ3) is 4.64. The Bertz CT molecular complexity index is 799. The Kier molecular flexibility index (Phi) is 5.93. The van der Waals surface area contributed by atoms with Gasteiger partial charge in [-0.1, -0.05) is 15.9 Å². The molecule has 2 amide bonds. The molecule has 0 spiro atoms. The zero-order valence-corrected chi connectivity index (χ0v) is 16.3. The largest absolute Gasteiger partial charge is 0.372 e. The summed E-state index contributed by atoms with van der Waals surface area (Å²) in [5.41, 5.74) is 3.26. The second kappa shape index (κ2) is 8.36. The highest BCUT2D eigenvalue weighted by Gasteiger charge is 2.16. The summed E-state index contributed by atoms with van der Waals surface area (Å²) in [5, 5.41) is 5.28. The van der Waals surface area contributed by atoms with Crippen molar-refractivity contribution in [2.45, 2.75) is 26.2 Å². The second-order valence-electron chi connectivity index (χ2n) is 6.46. The monoisotopic (exact) mass is 415 g/mol. The minimum Gasteiger partial charge on any atom is -0.372 e. The van der Waals surface area contributed by atoms with Gasteiger partial charge in [0.25, 0.3) is 0 Å². The van der Waals surface area contributed by atoms with Crippen LogP contribution in [0.15, 0.2) is 46.9 Å². The molecule has 0 aromatic heterocycles. The number of aryl methyl sites for hydroxylation is 1. The van der Waals surface area contributed by atoms with Gasteiger partial charge in [0.1, 0.15) is 0 Å². The van der Waals surface area contributed by atoms with Crippen LogP contribution >= 0.6 is 15.9 Å². The number of amides is 2. The molecule has 0 atom stereocenters. The van der Waals surface area contributed by atoms with E-state index in [0.717, 1.165) is 28.8 Å². The Morgan fingerprint density at radius 2 is 1.58 bits per heavy atom. The van der Waals surface area contributed by atoms with Gasteiger partial charge in [-0.15, -0.1) is 0 Å². The van der Waals surface area contributed by atoms with Gasteiger partial charge in [-0.3, -0.25) is 9.59 Å². The number of nitrogens with one attached hydrogen (secondary N) is 2. The minimum absolute atomic E-state index is 0.610. The molecule has 0 saturated carbocycles. The van der Waals surface area contributed by atoms with Crippen LogP contribution in [0.25, 0.3) is 0 Å². The molecule has 1 saturated heterocycles. The maximum absolute atomic E-state index is 12.1. The lowest BCUT2D eigenvalue weighted by atomic mass is 10.1. The van der Waals surface area contributed by atoms with E-state index in [2.05, 4.69) is 31.5 Å². The molecule has 26 heavy (non-hydrogen) atoms. The van der Waals surface area contributed by atoms with E-state index < -0.39 is 11.8 Å². The maximum Gasteiger partial charge on any atom is 0.314 e. The summed E-state index contributed by atoms with van der Waals surface area (Å²) < 4.78 is 0.922. The molecule has 2 aromatic rings. The maximum atomic E-state index is 12.1. The summed E-state index contributed by atoms with van der Waals surface area (Å²) in [6, 6.07) is 13.1. The number of hydrogen-bond donors (Lipinski definition) is 2. The molecule has 2 aromatic carbocycles. The van der Waals surface area contributed by atoms with Gasteiger partial charge in [0.15, 0.2) is 0 Å². The highest BCUT2D eigenvalue weighted by molar-refractivity contribution is 9.10. The number of nitrogens with zero attached hydrogens (tertiary/aromatic N) is 1. The molecule has 0 aliphatic carbocycles. The fourth-order valence-electron chi connectivity index (χ4n) is 3.04. The van der Waals surface area contributed by atoms with Crippen molar-refractivity contribution in [2.75, 3.05) is 28.6 Å². The fraction of sp³-hybridized carbons (Fsp3) is 0.300. The first kappa shape index (κ1) is 18.5. The lowest BCUT2D eigenvalue weighted by molar-refractivity contribution is -0.133. The lowest BCUT2D eigenvalue weighted by Gasteiger charge is -2.28. The number of piperidine rings is 1. The van der Waals surface area contributed by atoms with Gasteiger partial charge in [-0.25, -0.2) is 0 Å². The molecular formula is C20H22BrN3O2. The number of hydrogen-bond acceptors (Lipinski definition) is 3. The number of benzene rings is 2. The molecule has 6 heteroatoms. The highest BCUT2D eigenvalue weighted by Crippen LogP contribution is 2.22. The molecule has 0 bridgehead atoms. The Labute approximate surface area is 161 Å². The van der Waals surface area contributed by atoms with Crippen LogP contribution in [0.5, 0.6) is 0 Å². The molecule has 0 radical (unpaired) electrons. The van der Waals surface area contributed by atoms with E-state index in [1.165, 1.54) is 19.3 Å². The Morgan fingerprint density at radius 3 is 2.23 bits per heavy atom. The first-order valence-corrected chi connectivity index (χ1v) is 9.56. The van der Waals surface area contributed by atoms with Crippen LogP contribution in [0.3, 0.4) is 0 Å². The average molecular weight is 416 g/mol. The van der Waals surface area contributed by atoms with Crippen molar-refractivity contribution in [3.63, 3.8) is 0 Å². The lowest BCUT2D eigenvalue weighted by Crippen LogP contribution is -2.30. The van der Waals surface area contributed by atoms with Crippen LogP contribution in [0.2, 0.25) is 0 Å². The Balaban J connectivity index is 1.59. The predicted octanol–water partition coefficient (Wildman–Crippen LogP) is 4.33. The summed E-state index contributed by atoms with van der Waals surface area (Å²) in [5.74, 6) is -1.37. The van der Waals surface area contributed by atoms with Crippen LogP contribution in [0, 0.1) is 6.92 Å². The minimum atomic E-state index is -0.685. The van der Waals surface area contributed by atoms with Crippen LogP contribution in [0.4, 0.5) is 17.1 Å². The predicted molar refractivity (Wildman–Crippen MR) is 109 cm³/mol. The normalized spacial score (nSPS) is 14.0. The van der Waals surface area contributed by atoms with Gasteiger partial charge >= 0.3 is 11.8 Å². The third-order valence-corrected chi connectivity index (χ3v) is 4.98. The summed E-state index contributed by atoms with van der Waals surface area (Å²) >= 11 is 3.37. The third-order valence-electron chi connectivity index (χ3n) is 4.49. The second-order valence-corrected chi connectivity index (χ2v) is 7.38. The SMILES string of the molecule is Cc1cc(Br)ccc1NC(=O)C(=O)Nc1ccc(N2CCCCC2)cc1. The quantitative estimate of drug-likeness (QED) is 0.733. The van der Waals surface area contributed by atoms with Crippen molar-refractivity contribution >= 4 is 44.8 Å². The van der Waals surface area contributed by atoms with Crippen molar-refractivity contribution in [1.82, 2.24) is 0 Å². The molecule has 0 unspecified atom stereocenters. The van der Waals surface area contributed by atoms with Crippen LogP contribution in [0.1, 0.15) is 24.8 Å². The van der Waals surface area contributed by atoms with E-state index in [0.29, 0.717) is 11.4 Å². The molecule has 2 N–H and O–H groups in total. The summed E-state index contributed by atoms with van der Waals surface area (Å²) in [4.78, 5) is 26.6. The van der Waals surface area contributed by atoms with Gasteiger partial charge in [0.2, 0.25) is 0 Å². The van der Waals surface area contributed by atoms with Crippen molar-refractivity contribution in [3.05, 3.63) is 52.5 Å². The molecule has 1 heterocycles. The zero-order valence-electron chi connectivity index (χ0n) is 14.7. The van der Waals surface area contributed by atoms with E-state index in [-0.39, 0.29) is 0 Å². The topological polar surface area (TPSA) is 61.4 Å². The van der Waals surface area contributed by atoms with Crippen molar-refractivity contribution in [1.29, 1.82) is 0 Å². The van der Waals surface area contributed by atoms with E-state index in [1.807, 2.05) is 43.3 Å². The molecule has 1 fully saturated rings. The molecular weight excluding hydrogens is 394 g/mol. The van der Waals surface area contributed by atoms with Gasteiger partial charge in [-0.2, -0.15) is 0 Å². The summed E-state index contributed by atoms with van der Waals surface area (Å²) in [6.45, 7) is 4.01. The van der Waals surface area contributed by atoms with Crippen LogP contribution in [-0.2, 0) is 9.59 Å². The van der Waals surface area contributed by atoms with Crippen LogP contribution in [-0.4, -0.2) is 24.9 Å². The number of anilines is 3. The number of halogens is 1. The molecule has 3 rings (SSSR count). The summed E-state index contributed by atoms with van der Waals surface area (Å²) in [6.07, 6.45) is 3.72. The average Bonchev–Trinajstić information content (AvgIpc) is 2.65. The standard InChI is InChI=1S/C20H22BrN3O2/c1-14-13-15(21)5-10-18(14)23-20(26)19(25)22-16-6-8-17(9-7-16)24-11-3-2-4-12-24/h5-10,13H,2-4,11-12H2,1H3,(H,22,25)(H,23,26). The van der Waals surface area contributed by atoms with Crippen LogP contribution < -0.4 is 15.5 Å². The van der Waals surface area contributed by atoms with Gasteiger partial charge in [-0.05, 0) is 74.2 Å². The Morgan fingerprint density at radius 1 is 0.923 bits per heavy atom. The first-order chi connectivity index (χ1) is 12.5. The van der Waals surface area contributed by atoms with Crippen molar-refractivity contribution in [3.8, 4) is 0 Å². The van der Waals surface area contributed by atoms with Crippen molar-refractivity contribution in [2.24, 2.45) is 0 Å². The van der Waals surface area contributed by atoms with Gasteiger partial charge < -0.3 is 15.5 Å². The van der Waals surface area contributed by atoms with Gasteiger partial charge in [0.05, 0.1) is 0 Å². The highest BCUT2D eigenvalue weighted by atomic mass is 79.9. The molecule has 1 aliphatic heterocycles. The van der Waals surface area contributed by atoms with Crippen molar-refractivity contribution < 1.29 is 9.59 Å². The molecule has 136 valence electrons. The first-order valence-electron chi connectivity index (χ1n) is 8.76. The number of carbonyl (C=O) groups is 2. The smallest absolute Gasteiger partial charge is 0.314 e. The number of carbonyl (C=O) groups excluding carboxylic acids is 2. The van der Waals surface area contributed by atoms with E-state index in [9.17, 15) is 9.59 Å². The molecule has 1 aliphatic rings.